The van der Waals surface area contributed by atoms with Gasteiger partial charge in [-0.15, -0.1) is 0 Å². The molecular weight excluding hydrogens is 184 g/mol. The van der Waals surface area contributed by atoms with Crippen LogP contribution in [0.5, 0.6) is 0 Å². The average molecular weight is 206 g/mol. The average Bonchev–Trinajstić information content (AvgIpc) is 2.17. The lowest BCUT2D eigenvalue weighted by Gasteiger charge is -2.18. The summed E-state index contributed by atoms with van der Waals surface area (Å²) < 4.78 is 10.3. The normalized spacial score (nSPS) is 14.5. The maximum Gasteiger partial charge on any atom is 0.134 e. The second-order valence-electron chi connectivity index (χ2n) is 3.02. The van der Waals surface area contributed by atoms with Crippen molar-refractivity contribution in [2.75, 3.05) is 34.9 Å². The molecule has 0 aromatic carbocycles. The lowest BCUT2D eigenvalue weighted by Crippen LogP contribution is -2.38. The van der Waals surface area contributed by atoms with E-state index in [9.17, 15) is 0 Å². The minimum Gasteiger partial charge on any atom is -0.360 e. The zero-order valence-electron chi connectivity index (χ0n) is 9.09. The predicted octanol–water partition coefficient (Wildman–Crippen LogP) is -1.04. The van der Waals surface area contributed by atoms with Crippen LogP contribution in [0.3, 0.4) is 0 Å². The molecule has 13 heavy (non-hydrogen) atoms. The van der Waals surface area contributed by atoms with Crippen LogP contribution >= 0.6 is 0 Å². The van der Waals surface area contributed by atoms with Gasteiger partial charge in [-0.05, 0) is 20.1 Å². The quantitative estimate of drug-likeness (QED) is 0.393. The van der Waals surface area contributed by atoms with Gasteiger partial charge in [0, 0.05) is 26.8 Å². The largest absolute Gasteiger partial charge is 0.360 e. The number of nitrogens with one attached hydrogen (secondary N) is 2. The number of ether oxygens (including phenoxy) is 2. The van der Waals surface area contributed by atoms with Crippen molar-refractivity contribution in [1.82, 2.24) is 10.6 Å². The highest BCUT2D eigenvalue weighted by atomic mass is 28.2. The molecule has 2 N–H and O–H groups in total. The van der Waals surface area contributed by atoms with E-state index in [1.54, 1.807) is 14.2 Å². The van der Waals surface area contributed by atoms with Crippen LogP contribution in [0.15, 0.2) is 0 Å². The van der Waals surface area contributed by atoms with Crippen molar-refractivity contribution in [3.63, 3.8) is 0 Å². The second-order valence-corrected chi connectivity index (χ2v) is 4.84. The Balaban J connectivity index is 3.56. The number of methoxy groups -OCH3 is 2. The Labute approximate surface area is 83.2 Å². The van der Waals surface area contributed by atoms with Crippen LogP contribution in [0.1, 0.15) is 0 Å². The molecule has 0 aliphatic rings. The smallest absolute Gasteiger partial charge is 0.134 e. The van der Waals surface area contributed by atoms with E-state index in [4.69, 9.17) is 9.47 Å². The minimum atomic E-state index is -0.300. The number of hydrogen-bond acceptors (Lipinski definition) is 4. The molecule has 0 saturated carbocycles. The summed E-state index contributed by atoms with van der Waals surface area (Å²) in [6.07, 6.45) is 0. The van der Waals surface area contributed by atoms with Crippen molar-refractivity contribution in [2.24, 2.45) is 0 Å². The molecule has 0 aromatic rings. The topological polar surface area (TPSA) is 42.5 Å². The van der Waals surface area contributed by atoms with E-state index in [-0.39, 0.29) is 15.4 Å². The van der Waals surface area contributed by atoms with E-state index in [0.29, 0.717) is 6.04 Å². The van der Waals surface area contributed by atoms with Gasteiger partial charge in [-0.25, -0.2) is 0 Å². The fraction of sp³-hybridized carbons (Fsp3) is 1.00. The van der Waals surface area contributed by atoms with Gasteiger partial charge in [0.2, 0.25) is 0 Å². The second kappa shape index (κ2) is 8.65. The van der Waals surface area contributed by atoms with Gasteiger partial charge in [0.1, 0.15) is 5.91 Å². The molecule has 0 amide bonds. The van der Waals surface area contributed by atoms with Crippen molar-refractivity contribution < 1.29 is 9.47 Å². The van der Waals surface area contributed by atoms with E-state index in [0.717, 1.165) is 6.54 Å². The monoisotopic (exact) mass is 206 g/mol. The van der Waals surface area contributed by atoms with Crippen LogP contribution in [-0.2, 0) is 9.47 Å². The lowest BCUT2D eigenvalue weighted by atomic mass is 10.3. The van der Waals surface area contributed by atoms with Crippen molar-refractivity contribution in [3.8, 4) is 0 Å². The molecule has 0 radical (unpaired) electrons. The first-order valence-corrected chi connectivity index (χ1v) is 6.47. The van der Waals surface area contributed by atoms with Gasteiger partial charge in [-0.2, -0.15) is 0 Å². The van der Waals surface area contributed by atoms with Gasteiger partial charge in [0.05, 0.1) is 9.52 Å². The maximum atomic E-state index is 5.16. The molecule has 0 aromatic heterocycles. The third-order valence-electron chi connectivity index (χ3n) is 2.14. The molecule has 0 saturated heterocycles. The maximum absolute atomic E-state index is 5.16. The predicted molar refractivity (Wildman–Crippen MR) is 57.9 cm³/mol. The molecule has 80 valence electrons. The molecule has 5 heteroatoms. The van der Waals surface area contributed by atoms with Gasteiger partial charge in [-0.3, -0.25) is 0 Å². The first-order valence-electron chi connectivity index (χ1n) is 4.65. The molecule has 0 aliphatic carbocycles. The summed E-state index contributed by atoms with van der Waals surface area (Å²) in [5.74, 6) is 0.0627. The molecule has 0 spiro atoms. The van der Waals surface area contributed by atoms with Gasteiger partial charge in [0.25, 0.3) is 0 Å². The van der Waals surface area contributed by atoms with Crippen LogP contribution in [0.25, 0.3) is 0 Å². The molecule has 1 atom stereocenters. The van der Waals surface area contributed by atoms with E-state index in [1.807, 2.05) is 14.1 Å². The molecule has 1 unspecified atom stereocenters. The summed E-state index contributed by atoms with van der Waals surface area (Å²) in [4.78, 5) is 0. The zero-order chi connectivity index (χ0) is 10.1. The van der Waals surface area contributed by atoms with E-state index < -0.39 is 0 Å². The molecule has 0 aliphatic heterocycles. The van der Waals surface area contributed by atoms with Crippen molar-refractivity contribution >= 4 is 9.52 Å². The Hall–Kier alpha value is 0.0569. The van der Waals surface area contributed by atoms with E-state index in [2.05, 4.69) is 10.6 Å². The molecule has 0 heterocycles. The third kappa shape index (κ3) is 6.17. The first-order chi connectivity index (χ1) is 6.28. The zero-order valence-corrected chi connectivity index (χ0v) is 10.5. The molecule has 0 fully saturated rings. The summed E-state index contributed by atoms with van der Waals surface area (Å²) in [6, 6.07) is 1.73. The number of likely N-dealkylation sites (N-methyl/N-ethyl adjacent to an activating group) is 2. The molecule has 4 nitrogen and oxygen atoms in total. The van der Waals surface area contributed by atoms with E-state index >= 15 is 0 Å². The Morgan fingerprint density at radius 1 is 1.23 bits per heavy atom. The summed E-state index contributed by atoms with van der Waals surface area (Å²) >= 11 is 0. The lowest BCUT2D eigenvalue weighted by molar-refractivity contribution is -0.0442. The third-order valence-corrected chi connectivity index (χ3v) is 4.30. The first kappa shape index (κ1) is 13.1. The van der Waals surface area contributed by atoms with E-state index in [1.165, 1.54) is 6.04 Å². The highest BCUT2D eigenvalue weighted by Crippen LogP contribution is 1.96. The van der Waals surface area contributed by atoms with Crippen LogP contribution in [0, 0.1) is 0 Å². The van der Waals surface area contributed by atoms with Gasteiger partial charge >= 0.3 is 0 Å². The fourth-order valence-corrected chi connectivity index (χ4v) is 2.90. The minimum absolute atomic E-state index is 0.0627. The Bertz CT molecular complexity index is 112. The molecule has 0 rings (SSSR count). The fourth-order valence-electron chi connectivity index (χ4n) is 1.26. The van der Waals surface area contributed by atoms with Crippen LogP contribution in [-0.4, -0.2) is 56.3 Å². The highest BCUT2D eigenvalue weighted by Gasteiger charge is 2.10. The number of hydrogen-bond donors (Lipinski definition) is 2. The summed E-state index contributed by atoms with van der Waals surface area (Å²) in [7, 11) is 7.06. The summed E-state index contributed by atoms with van der Waals surface area (Å²) in [5.41, 5.74) is 0. The van der Waals surface area contributed by atoms with Gasteiger partial charge in [0.15, 0.2) is 0 Å². The van der Waals surface area contributed by atoms with Crippen LogP contribution < -0.4 is 10.6 Å². The Kier molecular flexibility index (Phi) is 8.68. The molecular formula is C8H22N2O2Si. The van der Waals surface area contributed by atoms with Gasteiger partial charge in [-0.1, -0.05) is 0 Å². The van der Waals surface area contributed by atoms with Crippen LogP contribution in [0.2, 0.25) is 6.04 Å². The van der Waals surface area contributed by atoms with Crippen molar-refractivity contribution in [2.45, 2.75) is 18.0 Å². The number of rotatable bonds is 8. The Morgan fingerprint density at radius 3 is 2.23 bits per heavy atom. The Morgan fingerprint density at radius 2 is 1.85 bits per heavy atom. The van der Waals surface area contributed by atoms with Crippen molar-refractivity contribution in [1.29, 1.82) is 0 Å². The summed E-state index contributed by atoms with van der Waals surface area (Å²) in [6.45, 7) is 1.00. The highest BCUT2D eigenvalue weighted by molar-refractivity contribution is 6.36. The summed E-state index contributed by atoms with van der Waals surface area (Å²) in [5, 5.41) is 6.42. The van der Waals surface area contributed by atoms with Crippen molar-refractivity contribution in [3.05, 3.63) is 0 Å². The standard InChI is InChI=1S/C8H22N2O2Si/c1-9-5-7(10-2)6-13-8(11-3)12-4/h7-10H,5-6,13H2,1-4H3. The van der Waals surface area contributed by atoms with Gasteiger partial charge < -0.3 is 20.1 Å². The molecule has 0 bridgehead atoms. The SMILES string of the molecule is CNCC(C[SiH2]C(OC)OC)NC. The van der Waals surface area contributed by atoms with Crippen LogP contribution in [0.4, 0.5) is 0 Å².